The molecular formula is C20H20N4O3. The number of primary amides is 1. The van der Waals surface area contributed by atoms with E-state index in [0.29, 0.717) is 18.0 Å². The van der Waals surface area contributed by atoms with Crippen LogP contribution in [0.15, 0.2) is 48.7 Å². The second-order valence-electron chi connectivity index (χ2n) is 6.59. The Labute approximate surface area is 156 Å². The number of rotatable bonds is 5. The van der Waals surface area contributed by atoms with Gasteiger partial charge in [-0.15, -0.1) is 0 Å². The van der Waals surface area contributed by atoms with Crippen LogP contribution in [0.5, 0.6) is 5.75 Å². The maximum Gasteiger partial charge on any atom is 0.271 e. The number of para-hydroxylation sites is 1. The second-order valence-corrected chi connectivity index (χ2v) is 6.59. The molecule has 2 aromatic heterocycles. The Morgan fingerprint density at radius 2 is 2.11 bits per heavy atom. The van der Waals surface area contributed by atoms with Gasteiger partial charge in [0.15, 0.2) is 11.4 Å². The highest BCUT2D eigenvalue weighted by atomic mass is 16.5. The van der Waals surface area contributed by atoms with Crippen molar-refractivity contribution in [3.8, 4) is 5.75 Å². The van der Waals surface area contributed by atoms with E-state index in [1.165, 1.54) is 6.20 Å². The van der Waals surface area contributed by atoms with E-state index >= 15 is 0 Å². The van der Waals surface area contributed by atoms with Gasteiger partial charge in [-0.1, -0.05) is 18.2 Å². The molecule has 1 aliphatic rings. The molecule has 138 valence electrons. The monoisotopic (exact) mass is 364 g/mol. The Bertz CT molecular complexity index is 965. The van der Waals surface area contributed by atoms with E-state index in [1.807, 2.05) is 35.2 Å². The maximum absolute atomic E-state index is 13.0. The number of fused-ring (bicyclic) bond motifs is 1. The van der Waals surface area contributed by atoms with Crippen molar-refractivity contribution >= 4 is 22.7 Å². The van der Waals surface area contributed by atoms with Crippen molar-refractivity contribution in [2.45, 2.75) is 18.9 Å². The average molecular weight is 364 g/mol. The van der Waals surface area contributed by atoms with Crippen molar-refractivity contribution in [3.63, 3.8) is 0 Å². The van der Waals surface area contributed by atoms with Crippen LogP contribution in [-0.2, 0) is 0 Å². The van der Waals surface area contributed by atoms with E-state index in [4.69, 9.17) is 10.5 Å². The van der Waals surface area contributed by atoms with Crippen LogP contribution in [0.25, 0.3) is 10.9 Å². The Kier molecular flexibility index (Phi) is 4.50. The molecule has 3 N–H and O–H groups in total. The molecule has 1 fully saturated rings. The van der Waals surface area contributed by atoms with Gasteiger partial charge in [0, 0.05) is 23.6 Å². The van der Waals surface area contributed by atoms with Gasteiger partial charge in [0.25, 0.3) is 11.8 Å². The fourth-order valence-electron chi connectivity index (χ4n) is 3.50. The topological polar surface area (TPSA) is 101 Å². The number of hydrogen-bond acceptors (Lipinski definition) is 4. The summed E-state index contributed by atoms with van der Waals surface area (Å²) in [5, 5.41) is 1.01. The van der Waals surface area contributed by atoms with Crippen LogP contribution in [0.4, 0.5) is 0 Å². The first-order valence-corrected chi connectivity index (χ1v) is 8.90. The van der Waals surface area contributed by atoms with Crippen molar-refractivity contribution in [3.05, 3.63) is 60.0 Å². The Morgan fingerprint density at radius 3 is 2.93 bits per heavy atom. The van der Waals surface area contributed by atoms with E-state index in [9.17, 15) is 9.59 Å². The fraction of sp³-hybridized carbons (Fsp3) is 0.250. The lowest BCUT2D eigenvalue weighted by Crippen LogP contribution is -2.39. The first-order valence-electron chi connectivity index (χ1n) is 8.90. The molecule has 0 saturated carbocycles. The number of aromatic nitrogens is 2. The summed E-state index contributed by atoms with van der Waals surface area (Å²) >= 11 is 0. The minimum Gasteiger partial charge on any atom is -0.489 e. The summed E-state index contributed by atoms with van der Waals surface area (Å²) in [5.41, 5.74) is 6.95. The molecule has 1 atom stereocenters. The van der Waals surface area contributed by atoms with Crippen molar-refractivity contribution in [2.24, 2.45) is 5.73 Å². The van der Waals surface area contributed by atoms with Gasteiger partial charge in [0.05, 0.1) is 6.04 Å². The van der Waals surface area contributed by atoms with Gasteiger partial charge < -0.3 is 20.4 Å². The van der Waals surface area contributed by atoms with E-state index in [0.717, 1.165) is 23.7 Å². The molecule has 4 rings (SSSR count). The number of carbonyl (C=O) groups is 2. The maximum atomic E-state index is 13.0. The van der Waals surface area contributed by atoms with Gasteiger partial charge in [-0.05, 0) is 37.1 Å². The smallest absolute Gasteiger partial charge is 0.271 e. The number of amides is 2. The predicted molar refractivity (Wildman–Crippen MR) is 101 cm³/mol. The molecule has 1 aliphatic heterocycles. The number of aromatic amines is 1. The number of carbonyl (C=O) groups excluding carboxylic acids is 2. The molecule has 2 amide bonds. The zero-order chi connectivity index (χ0) is 18.8. The molecule has 0 radical (unpaired) electrons. The van der Waals surface area contributed by atoms with E-state index < -0.39 is 5.91 Å². The molecule has 0 bridgehead atoms. The van der Waals surface area contributed by atoms with Crippen molar-refractivity contribution in [1.29, 1.82) is 0 Å². The average Bonchev–Trinajstić information content (AvgIpc) is 3.32. The number of ether oxygens (including phenoxy) is 1. The third-order valence-electron chi connectivity index (χ3n) is 4.83. The zero-order valence-electron chi connectivity index (χ0n) is 14.7. The summed E-state index contributed by atoms with van der Waals surface area (Å²) in [6, 6.07) is 13.0. The Hall–Kier alpha value is -3.35. The van der Waals surface area contributed by atoms with Gasteiger partial charge in [0.1, 0.15) is 12.3 Å². The lowest BCUT2D eigenvalue weighted by atomic mass is 10.2. The molecule has 1 unspecified atom stereocenters. The molecular weight excluding hydrogens is 344 g/mol. The summed E-state index contributed by atoms with van der Waals surface area (Å²) in [4.78, 5) is 33.4. The lowest BCUT2D eigenvalue weighted by Gasteiger charge is -2.24. The predicted octanol–water partition coefficient (Wildman–Crippen LogP) is 2.35. The first-order chi connectivity index (χ1) is 13.1. The standard InChI is InChI=1S/C20H20N4O3/c21-19(25)18-17(8-3-9-22-18)27-12-14-6-4-10-24(14)20(26)16-11-13-5-1-2-7-15(13)23-16/h1-3,5,7-9,11,14,23H,4,6,10,12H2,(H2,21,25). The molecule has 7 nitrogen and oxygen atoms in total. The van der Waals surface area contributed by atoms with E-state index in [-0.39, 0.29) is 24.2 Å². The number of nitrogens with one attached hydrogen (secondary N) is 1. The number of H-pyrrole nitrogens is 1. The molecule has 1 aromatic carbocycles. The van der Waals surface area contributed by atoms with Crippen LogP contribution >= 0.6 is 0 Å². The van der Waals surface area contributed by atoms with Crippen LogP contribution in [0, 0.1) is 0 Å². The SMILES string of the molecule is NC(=O)c1ncccc1OCC1CCCN1C(=O)c1cc2ccccc2[nH]1. The summed E-state index contributed by atoms with van der Waals surface area (Å²) in [6.45, 7) is 0.968. The lowest BCUT2D eigenvalue weighted by molar-refractivity contribution is 0.0684. The van der Waals surface area contributed by atoms with Gasteiger partial charge in [-0.2, -0.15) is 0 Å². The third kappa shape index (κ3) is 3.36. The number of benzene rings is 1. The highest BCUT2D eigenvalue weighted by Gasteiger charge is 2.31. The molecule has 3 aromatic rings. The summed E-state index contributed by atoms with van der Waals surface area (Å²) in [6.07, 6.45) is 3.25. The number of hydrogen-bond donors (Lipinski definition) is 2. The fourth-order valence-corrected chi connectivity index (χ4v) is 3.50. The van der Waals surface area contributed by atoms with Crippen molar-refractivity contribution < 1.29 is 14.3 Å². The van der Waals surface area contributed by atoms with Crippen LogP contribution in [0.2, 0.25) is 0 Å². The van der Waals surface area contributed by atoms with Crippen molar-refractivity contribution in [1.82, 2.24) is 14.9 Å². The van der Waals surface area contributed by atoms with Gasteiger partial charge in [-0.3, -0.25) is 9.59 Å². The van der Waals surface area contributed by atoms with Crippen LogP contribution in [-0.4, -0.2) is 45.9 Å². The van der Waals surface area contributed by atoms with E-state index in [1.54, 1.807) is 12.1 Å². The van der Waals surface area contributed by atoms with Gasteiger partial charge >= 0.3 is 0 Å². The summed E-state index contributed by atoms with van der Waals surface area (Å²) < 4.78 is 5.79. The van der Waals surface area contributed by atoms with Crippen LogP contribution in [0.3, 0.4) is 0 Å². The minimum atomic E-state index is -0.636. The molecule has 0 spiro atoms. The van der Waals surface area contributed by atoms with Gasteiger partial charge in [-0.25, -0.2) is 4.98 Å². The summed E-state index contributed by atoms with van der Waals surface area (Å²) in [7, 11) is 0. The molecule has 3 heterocycles. The molecule has 0 aliphatic carbocycles. The molecule has 1 saturated heterocycles. The normalized spacial score (nSPS) is 16.6. The third-order valence-corrected chi connectivity index (χ3v) is 4.83. The number of nitrogens with two attached hydrogens (primary N) is 1. The Balaban J connectivity index is 1.49. The largest absolute Gasteiger partial charge is 0.489 e. The number of nitrogens with zero attached hydrogens (tertiary/aromatic N) is 2. The highest BCUT2D eigenvalue weighted by Crippen LogP contribution is 2.24. The summed E-state index contributed by atoms with van der Waals surface area (Å²) in [5.74, 6) is -0.337. The highest BCUT2D eigenvalue weighted by molar-refractivity contribution is 5.98. The van der Waals surface area contributed by atoms with Crippen LogP contribution in [0.1, 0.15) is 33.8 Å². The van der Waals surface area contributed by atoms with E-state index in [2.05, 4.69) is 9.97 Å². The molecule has 27 heavy (non-hydrogen) atoms. The van der Waals surface area contributed by atoms with Crippen molar-refractivity contribution in [2.75, 3.05) is 13.2 Å². The Morgan fingerprint density at radius 1 is 1.26 bits per heavy atom. The first kappa shape index (κ1) is 17.1. The second kappa shape index (κ2) is 7.11. The number of pyridine rings is 1. The zero-order valence-corrected chi connectivity index (χ0v) is 14.7. The quantitative estimate of drug-likeness (QED) is 0.725. The van der Waals surface area contributed by atoms with Gasteiger partial charge in [0.2, 0.25) is 0 Å². The number of likely N-dealkylation sites (tertiary alicyclic amines) is 1. The van der Waals surface area contributed by atoms with Crippen LogP contribution < -0.4 is 10.5 Å². The minimum absolute atomic E-state index is 0.0430. The molecule has 7 heteroatoms.